The van der Waals surface area contributed by atoms with Crippen LogP contribution in [-0.4, -0.2) is 74.5 Å². The highest BCUT2D eigenvalue weighted by molar-refractivity contribution is 7.90. The van der Waals surface area contributed by atoms with Gasteiger partial charge in [-0.3, -0.25) is 4.90 Å². The average Bonchev–Trinajstić information content (AvgIpc) is 3.44. The van der Waals surface area contributed by atoms with E-state index in [0.717, 1.165) is 56.1 Å². The van der Waals surface area contributed by atoms with Crippen molar-refractivity contribution in [3.63, 3.8) is 0 Å². The molecular weight excluding hydrogens is 424 g/mol. The first kappa shape index (κ1) is 22.0. The van der Waals surface area contributed by atoms with Gasteiger partial charge in [-0.1, -0.05) is 0 Å². The Morgan fingerprint density at radius 1 is 1.09 bits per heavy atom. The Kier molecular flexibility index (Phi) is 6.11. The summed E-state index contributed by atoms with van der Waals surface area (Å²) >= 11 is 0. The zero-order chi connectivity index (χ0) is 22.3. The van der Waals surface area contributed by atoms with Crippen molar-refractivity contribution in [1.82, 2.24) is 14.9 Å². The Morgan fingerprint density at radius 2 is 1.88 bits per heavy atom. The topological polar surface area (TPSA) is 75.6 Å². The molecule has 1 unspecified atom stereocenters. The molecule has 0 amide bonds. The van der Waals surface area contributed by atoms with Gasteiger partial charge in [0.15, 0.2) is 9.84 Å². The second-order valence-corrected chi connectivity index (χ2v) is 11.8. The van der Waals surface area contributed by atoms with E-state index in [4.69, 9.17) is 14.7 Å². The van der Waals surface area contributed by atoms with E-state index < -0.39 is 9.84 Å². The summed E-state index contributed by atoms with van der Waals surface area (Å²) in [6.07, 6.45) is 8.98. The molecule has 174 valence electrons. The van der Waals surface area contributed by atoms with Crippen LogP contribution in [0.2, 0.25) is 0 Å². The molecule has 7 nitrogen and oxygen atoms in total. The van der Waals surface area contributed by atoms with Gasteiger partial charge in [0.05, 0.1) is 22.2 Å². The third-order valence-corrected chi connectivity index (χ3v) is 8.30. The van der Waals surface area contributed by atoms with Crippen LogP contribution in [0.3, 0.4) is 0 Å². The smallest absolute Gasteiger partial charge is 0.226 e. The lowest BCUT2D eigenvalue weighted by Gasteiger charge is -2.39. The quantitative estimate of drug-likeness (QED) is 0.631. The molecule has 0 spiro atoms. The van der Waals surface area contributed by atoms with E-state index in [2.05, 4.69) is 9.80 Å². The molecule has 3 aliphatic rings. The van der Waals surface area contributed by atoms with Crippen LogP contribution in [0.15, 0.2) is 23.1 Å². The number of hydrogen-bond donors (Lipinski definition) is 0. The molecule has 1 aromatic carbocycles. The second-order valence-electron chi connectivity index (χ2n) is 9.81. The van der Waals surface area contributed by atoms with Gasteiger partial charge < -0.3 is 9.64 Å². The predicted molar refractivity (Wildman–Crippen MR) is 126 cm³/mol. The van der Waals surface area contributed by atoms with Gasteiger partial charge in [0.1, 0.15) is 0 Å². The highest BCUT2D eigenvalue weighted by Gasteiger charge is 2.33. The molecule has 0 radical (unpaired) electrons. The van der Waals surface area contributed by atoms with Crippen molar-refractivity contribution in [1.29, 1.82) is 0 Å². The lowest BCUT2D eigenvalue weighted by Crippen LogP contribution is -2.48. The molecule has 1 aliphatic carbocycles. The predicted octanol–water partition coefficient (Wildman–Crippen LogP) is 3.20. The van der Waals surface area contributed by atoms with E-state index in [0.29, 0.717) is 28.5 Å². The zero-order valence-corrected chi connectivity index (χ0v) is 20.0. The fourth-order valence-electron chi connectivity index (χ4n) is 5.11. The second kappa shape index (κ2) is 8.88. The van der Waals surface area contributed by atoms with Gasteiger partial charge in [-0.25, -0.2) is 18.4 Å². The number of sulfone groups is 1. The van der Waals surface area contributed by atoms with Crippen molar-refractivity contribution in [3.8, 4) is 0 Å². The third-order valence-electron chi connectivity index (χ3n) is 7.19. The number of aromatic nitrogens is 2. The lowest BCUT2D eigenvalue weighted by atomic mass is 10.0. The van der Waals surface area contributed by atoms with E-state index in [9.17, 15) is 8.42 Å². The van der Waals surface area contributed by atoms with E-state index in [1.54, 1.807) is 12.1 Å². The van der Waals surface area contributed by atoms with E-state index >= 15 is 0 Å². The van der Waals surface area contributed by atoms with E-state index in [1.807, 2.05) is 13.0 Å². The van der Waals surface area contributed by atoms with Crippen LogP contribution in [0.5, 0.6) is 0 Å². The molecule has 3 heterocycles. The average molecular weight is 459 g/mol. The van der Waals surface area contributed by atoms with Crippen LogP contribution in [0.25, 0.3) is 10.9 Å². The van der Waals surface area contributed by atoms with Crippen LogP contribution in [0, 0.1) is 12.8 Å². The van der Waals surface area contributed by atoms with Crippen molar-refractivity contribution in [2.75, 3.05) is 43.9 Å². The maximum Gasteiger partial charge on any atom is 0.226 e. The maximum absolute atomic E-state index is 12.0. The number of aryl methyl sites for hydroxylation is 1. The Labute approximate surface area is 191 Å². The van der Waals surface area contributed by atoms with Gasteiger partial charge in [-0.15, -0.1) is 0 Å². The van der Waals surface area contributed by atoms with Crippen molar-refractivity contribution in [2.45, 2.75) is 62.5 Å². The molecule has 5 rings (SSSR count). The van der Waals surface area contributed by atoms with Gasteiger partial charge in [0.25, 0.3) is 0 Å². The summed E-state index contributed by atoms with van der Waals surface area (Å²) in [6.45, 7) is 7.02. The molecule has 2 aromatic rings. The van der Waals surface area contributed by atoms with Crippen LogP contribution in [0.4, 0.5) is 5.95 Å². The summed E-state index contributed by atoms with van der Waals surface area (Å²) in [5, 5.41) is 0.906. The zero-order valence-electron chi connectivity index (χ0n) is 19.2. The summed E-state index contributed by atoms with van der Waals surface area (Å²) in [6, 6.07) is 5.73. The van der Waals surface area contributed by atoms with Crippen LogP contribution in [-0.2, 0) is 14.6 Å². The molecule has 1 saturated carbocycles. The fraction of sp³-hybridized carbons (Fsp3) is 0.667. The van der Waals surface area contributed by atoms with Crippen molar-refractivity contribution < 1.29 is 13.2 Å². The van der Waals surface area contributed by atoms with Crippen molar-refractivity contribution >= 4 is 26.7 Å². The maximum atomic E-state index is 12.0. The minimum absolute atomic E-state index is 0.303. The highest BCUT2D eigenvalue weighted by Crippen LogP contribution is 2.33. The highest BCUT2D eigenvalue weighted by atomic mass is 32.2. The molecule has 0 bridgehead atoms. The minimum Gasteiger partial charge on any atom is -0.377 e. The first-order chi connectivity index (χ1) is 15.4. The SMILES string of the molecule is Cc1nc(N2CCC(N(CC3CC3)CC3CCCO3)CC2)nc2cc(S(C)(=O)=O)ccc12. The normalized spacial score (nSPS) is 22.8. The molecule has 1 atom stereocenters. The van der Waals surface area contributed by atoms with Gasteiger partial charge >= 0.3 is 0 Å². The molecule has 1 aromatic heterocycles. The molecule has 0 N–H and O–H groups in total. The van der Waals surface area contributed by atoms with Crippen LogP contribution < -0.4 is 4.90 Å². The van der Waals surface area contributed by atoms with Gasteiger partial charge in [0.2, 0.25) is 5.95 Å². The molecule has 2 aliphatic heterocycles. The number of anilines is 1. The summed E-state index contributed by atoms with van der Waals surface area (Å²) in [7, 11) is -3.27. The first-order valence-corrected chi connectivity index (χ1v) is 13.8. The Balaban J connectivity index is 1.30. The van der Waals surface area contributed by atoms with Crippen LogP contribution in [0.1, 0.15) is 44.2 Å². The standard InChI is InChI=1S/C24H34N4O3S/c1-17-22-8-7-21(32(2,29)30)14-23(22)26-24(25-17)27-11-9-19(10-12-27)28(15-18-5-6-18)16-20-4-3-13-31-20/h7-8,14,18-20H,3-6,9-13,15-16H2,1-2H3. The van der Waals surface area contributed by atoms with Crippen molar-refractivity contribution in [2.24, 2.45) is 5.92 Å². The summed E-state index contributed by atoms with van der Waals surface area (Å²) in [5.74, 6) is 1.59. The Morgan fingerprint density at radius 3 is 2.53 bits per heavy atom. The number of piperidine rings is 1. The molecule has 3 fully saturated rings. The number of rotatable bonds is 7. The summed E-state index contributed by atoms with van der Waals surface area (Å²) < 4.78 is 29.9. The van der Waals surface area contributed by atoms with Crippen molar-refractivity contribution in [3.05, 3.63) is 23.9 Å². The fourth-order valence-corrected chi connectivity index (χ4v) is 5.75. The Hall–Kier alpha value is -1.77. The monoisotopic (exact) mass is 458 g/mol. The van der Waals surface area contributed by atoms with E-state index in [-0.39, 0.29) is 0 Å². The largest absolute Gasteiger partial charge is 0.377 e. The summed E-state index contributed by atoms with van der Waals surface area (Å²) in [5.41, 5.74) is 1.59. The Bertz CT molecular complexity index is 1070. The lowest BCUT2D eigenvalue weighted by molar-refractivity contribution is 0.0491. The van der Waals surface area contributed by atoms with Gasteiger partial charge in [-0.05, 0) is 69.6 Å². The minimum atomic E-state index is -3.27. The molecule has 32 heavy (non-hydrogen) atoms. The molecular formula is C24H34N4O3S. The van der Waals surface area contributed by atoms with Crippen LogP contribution >= 0.6 is 0 Å². The number of ether oxygens (including phenoxy) is 1. The number of benzene rings is 1. The number of hydrogen-bond acceptors (Lipinski definition) is 7. The number of nitrogens with zero attached hydrogens (tertiary/aromatic N) is 4. The van der Waals surface area contributed by atoms with E-state index in [1.165, 1.54) is 38.5 Å². The molecule has 2 saturated heterocycles. The molecule has 8 heteroatoms. The first-order valence-electron chi connectivity index (χ1n) is 12.0. The summed E-state index contributed by atoms with van der Waals surface area (Å²) in [4.78, 5) is 14.8. The number of fused-ring (bicyclic) bond motifs is 1. The van der Waals surface area contributed by atoms with Gasteiger partial charge in [0, 0.05) is 50.5 Å². The van der Waals surface area contributed by atoms with Gasteiger partial charge in [-0.2, -0.15) is 0 Å². The third kappa shape index (κ3) is 4.92.